The van der Waals surface area contributed by atoms with Crippen LogP contribution in [0.4, 0.5) is 0 Å². The van der Waals surface area contributed by atoms with Crippen molar-refractivity contribution in [2.45, 2.75) is 12.8 Å². The molecule has 29 heavy (non-hydrogen) atoms. The molecular weight excluding hydrogens is 411 g/mol. The molecule has 7 heteroatoms. The van der Waals surface area contributed by atoms with Gasteiger partial charge in [-0.3, -0.25) is 9.59 Å². The number of hydrogen-bond donors (Lipinski definition) is 2. The Hall–Kier alpha value is -2.44. The van der Waals surface area contributed by atoms with Crippen LogP contribution < -0.4 is 16.2 Å². The SMILES string of the molecule is C=CCc1ccc(OC(=O)CN)c(-c2ccc(C(=O)CN)c(CC=C)c2)c1.Cl.Cl. The lowest BCUT2D eigenvalue weighted by molar-refractivity contribution is -0.132. The first-order valence-corrected chi connectivity index (χ1v) is 8.66. The van der Waals surface area contributed by atoms with Gasteiger partial charge in [-0.1, -0.05) is 30.4 Å². The lowest BCUT2D eigenvalue weighted by Crippen LogP contribution is -2.19. The fourth-order valence-electron chi connectivity index (χ4n) is 2.82. The molecule has 0 saturated heterocycles. The molecule has 2 rings (SSSR count). The Kier molecular flexibility index (Phi) is 11.8. The molecule has 5 nitrogen and oxygen atoms in total. The van der Waals surface area contributed by atoms with Crippen molar-refractivity contribution in [1.82, 2.24) is 0 Å². The van der Waals surface area contributed by atoms with Crippen LogP contribution in [0.1, 0.15) is 21.5 Å². The van der Waals surface area contributed by atoms with Gasteiger partial charge in [-0.25, -0.2) is 0 Å². The van der Waals surface area contributed by atoms with Gasteiger partial charge >= 0.3 is 5.97 Å². The average molecular weight is 437 g/mol. The van der Waals surface area contributed by atoms with Gasteiger partial charge < -0.3 is 16.2 Å². The van der Waals surface area contributed by atoms with Crippen molar-refractivity contribution in [1.29, 1.82) is 0 Å². The Balaban J connectivity index is 0.00000392. The summed E-state index contributed by atoms with van der Waals surface area (Å²) in [5, 5.41) is 0. The third kappa shape index (κ3) is 6.84. The number of esters is 1. The van der Waals surface area contributed by atoms with Crippen molar-refractivity contribution in [2.75, 3.05) is 13.1 Å². The van der Waals surface area contributed by atoms with Gasteiger partial charge in [0.2, 0.25) is 0 Å². The van der Waals surface area contributed by atoms with Gasteiger partial charge in [-0.2, -0.15) is 0 Å². The number of ketones is 1. The van der Waals surface area contributed by atoms with E-state index >= 15 is 0 Å². The minimum absolute atomic E-state index is 0. The van der Waals surface area contributed by atoms with Crippen molar-refractivity contribution < 1.29 is 14.3 Å². The summed E-state index contributed by atoms with van der Waals surface area (Å²) in [5.74, 6) is -0.233. The summed E-state index contributed by atoms with van der Waals surface area (Å²) in [7, 11) is 0. The van der Waals surface area contributed by atoms with Crippen LogP contribution in [0.25, 0.3) is 11.1 Å². The van der Waals surface area contributed by atoms with Crippen LogP contribution >= 0.6 is 24.8 Å². The normalized spacial score (nSPS) is 9.59. The molecular formula is C22H26Cl2N2O3. The van der Waals surface area contributed by atoms with Gasteiger partial charge in [0.15, 0.2) is 5.78 Å². The number of carbonyl (C=O) groups is 2. The number of rotatable bonds is 9. The molecule has 156 valence electrons. The molecule has 4 N–H and O–H groups in total. The van der Waals surface area contributed by atoms with E-state index < -0.39 is 5.97 Å². The summed E-state index contributed by atoms with van der Waals surface area (Å²) in [6.45, 7) is 7.25. The largest absolute Gasteiger partial charge is 0.425 e. The van der Waals surface area contributed by atoms with E-state index in [0.29, 0.717) is 24.2 Å². The number of carbonyl (C=O) groups excluding carboxylic acids is 2. The second-order valence-electron chi connectivity index (χ2n) is 5.99. The number of halogens is 2. The van der Waals surface area contributed by atoms with Crippen molar-refractivity contribution in [2.24, 2.45) is 11.5 Å². The average Bonchev–Trinajstić information content (AvgIpc) is 2.68. The Bertz CT molecular complexity index is 882. The predicted octanol–water partition coefficient (Wildman–Crippen LogP) is 3.66. The summed E-state index contributed by atoms with van der Waals surface area (Å²) in [6, 6.07) is 11.0. The van der Waals surface area contributed by atoms with Crippen LogP contribution in [-0.2, 0) is 17.6 Å². The zero-order chi connectivity index (χ0) is 19.8. The molecule has 0 heterocycles. The highest BCUT2D eigenvalue weighted by molar-refractivity contribution is 5.99. The van der Waals surface area contributed by atoms with Crippen molar-refractivity contribution in [3.63, 3.8) is 0 Å². The lowest BCUT2D eigenvalue weighted by atomic mass is 9.93. The Labute approximate surface area is 183 Å². The number of allylic oxidation sites excluding steroid dienone is 2. The topological polar surface area (TPSA) is 95.4 Å². The molecule has 0 atom stereocenters. The molecule has 2 aromatic carbocycles. The number of benzene rings is 2. The molecule has 0 aliphatic carbocycles. The first-order chi connectivity index (χ1) is 13.0. The van der Waals surface area contributed by atoms with Crippen LogP contribution in [0, 0.1) is 0 Å². The van der Waals surface area contributed by atoms with E-state index in [0.717, 1.165) is 22.3 Å². The molecule has 0 spiro atoms. The molecule has 0 radical (unpaired) electrons. The Morgan fingerprint density at radius 2 is 1.62 bits per heavy atom. The summed E-state index contributed by atoms with van der Waals surface area (Å²) < 4.78 is 5.38. The van der Waals surface area contributed by atoms with Crippen LogP contribution in [0.3, 0.4) is 0 Å². The maximum atomic E-state index is 12.1. The fraction of sp³-hybridized carbons (Fsp3) is 0.182. The first-order valence-electron chi connectivity index (χ1n) is 8.66. The maximum Gasteiger partial charge on any atom is 0.325 e. The number of hydrogen-bond acceptors (Lipinski definition) is 5. The molecule has 0 amide bonds. The molecule has 0 aliphatic rings. The minimum Gasteiger partial charge on any atom is -0.425 e. The van der Waals surface area contributed by atoms with E-state index in [-0.39, 0.29) is 43.7 Å². The van der Waals surface area contributed by atoms with E-state index in [1.807, 2.05) is 24.3 Å². The molecule has 0 bridgehead atoms. The second-order valence-corrected chi connectivity index (χ2v) is 5.99. The van der Waals surface area contributed by atoms with Gasteiger partial charge in [0, 0.05) is 11.1 Å². The first kappa shape index (κ1) is 26.6. The second kappa shape index (κ2) is 12.9. The van der Waals surface area contributed by atoms with Crippen LogP contribution in [0.15, 0.2) is 61.7 Å². The maximum absolute atomic E-state index is 12.1. The van der Waals surface area contributed by atoms with Gasteiger partial charge in [0.25, 0.3) is 0 Å². The zero-order valence-electron chi connectivity index (χ0n) is 16.1. The van der Waals surface area contributed by atoms with E-state index in [2.05, 4.69) is 13.2 Å². The van der Waals surface area contributed by atoms with E-state index in [4.69, 9.17) is 16.2 Å². The third-order valence-corrected chi connectivity index (χ3v) is 4.08. The lowest BCUT2D eigenvalue weighted by Gasteiger charge is -2.14. The van der Waals surface area contributed by atoms with E-state index in [1.54, 1.807) is 24.3 Å². The van der Waals surface area contributed by atoms with Crippen molar-refractivity contribution in [3.05, 3.63) is 78.4 Å². The van der Waals surface area contributed by atoms with Gasteiger partial charge in [-0.05, 0) is 47.7 Å². The van der Waals surface area contributed by atoms with Crippen LogP contribution in [-0.4, -0.2) is 24.8 Å². The van der Waals surface area contributed by atoms with Crippen molar-refractivity contribution in [3.8, 4) is 16.9 Å². The molecule has 0 aromatic heterocycles. The molecule has 0 aliphatic heterocycles. The summed E-state index contributed by atoms with van der Waals surface area (Å²) in [4.78, 5) is 23.8. The summed E-state index contributed by atoms with van der Waals surface area (Å²) in [6.07, 6.45) is 4.74. The van der Waals surface area contributed by atoms with E-state index in [9.17, 15) is 9.59 Å². The van der Waals surface area contributed by atoms with E-state index in [1.165, 1.54) is 0 Å². The molecule has 2 aromatic rings. The van der Waals surface area contributed by atoms with Crippen LogP contribution in [0.2, 0.25) is 0 Å². The number of nitrogens with two attached hydrogens (primary N) is 2. The van der Waals surface area contributed by atoms with Crippen LogP contribution in [0.5, 0.6) is 5.75 Å². The smallest absolute Gasteiger partial charge is 0.325 e. The van der Waals surface area contributed by atoms with Gasteiger partial charge in [0.1, 0.15) is 5.75 Å². The third-order valence-electron chi connectivity index (χ3n) is 4.08. The highest BCUT2D eigenvalue weighted by atomic mass is 35.5. The zero-order valence-corrected chi connectivity index (χ0v) is 17.7. The number of Topliss-reactive ketones (excluding diaryl/α,β-unsaturated/α-hetero) is 1. The molecule has 0 saturated carbocycles. The standard InChI is InChI=1S/C22H24N2O3.2ClH/c1-3-5-15-7-10-21(27-22(26)14-24)19(11-15)17-8-9-18(20(25)13-23)16(12-17)6-4-2;;/h3-4,7-12H,1-2,5-6,13-14,23-24H2;2*1H. The highest BCUT2D eigenvalue weighted by Gasteiger charge is 2.15. The quantitative estimate of drug-likeness (QED) is 0.270. The van der Waals surface area contributed by atoms with Gasteiger partial charge in [0.05, 0.1) is 13.1 Å². The van der Waals surface area contributed by atoms with Crippen molar-refractivity contribution >= 4 is 36.6 Å². The highest BCUT2D eigenvalue weighted by Crippen LogP contribution is 2.33. The van der Waals surface area contributed by atoms with Gasteiger partial charge in [-0.15, -0.1) is 38.0 Å². The Morgan fingerprint density at radius 3 is 2.21 bits per heavy atom. The molecule has 0 unspecified atom stereocenters. The predicted molar refractivity (Wildman–Crippen MR) is 122 cm³/mol. The minimum atomic E-state index is -0.519. The summed E-state index contributed by atoms with van der Waals surface area (Å²) in [5.41, 5.74) is 14.9. The fourth-order valence-corrected chi connectivity index (χ4v) is 2.82. The monoisotopic (exact) mass is 436 g/mol. The Morgan fingerprint density at radius 1 is 0.931 bits per heavy atom. The number of ether oxygens (including phenoxy) is 1. The molecule has 0 fully saturated rings. The summed E-state index contributed by atoms with van der Waals surface area (Å²) >= 11 is 0.